The van der Waals surface area contributed by atoms with Gasteiger partial charge in [-0.3, -0.25) is 4.79 Å². The van der Waals surface area contributed by atoms with Crippen molar-refractivity contribution < 1.29 is 9.90 Å². The van der Waals surface area contributed by atoms with Crippen LogP contribution in [0.25, 0.3) is 0 Å². The zero-order chi connectivity index (χ0) is 16.7. The Morgan fingerprint density at radius 2 is 1.70 bits per heavy atom. The molecule has 0 bridgehead atoms. The molecule has 0 heterocycles. The van der Waals surface area contributed by atoms with Crippen molar-refractivity contribution >= 4 is 5.91 Å². The Kier molecular flexibility index (Phi) is 5.80. The lowest BCUT2D eigenvalue weighted by molar-refractivity contribution is -0.121. The summed E-state index contributed by atoms with van der Waals surface area (Å²) in [5.74, 6) is 0.375. The van der Waals surface area contributed by atoms with Crippen molar-refractivity contribution in [3.8, 4) is 5.75 Å². The van der Waals surface area contributed by atoms with E-state index in [1.165, 1.54) is 5.56 Å². The van der Waals surface area contributed by atoms with Crippen molar-refractivity contribution in [2.45, 2.75) is 45.1 Å². The van der Waals surface area contributed by atoms with Gasteiger partial charge in [0.15, 0.2) is 0 Å². The Labute approximate surface area is 138 Å². The topological polar surface area (TPSA) is 49.3 Å². The molecule has 0 atom stereocenters. The molecule has 0 saturated heterocycles. The molecule has 122 valence electrons. The van der Waals surface area contributed by atoms with Crippen LogP contribution in [0.4, 0.5) is 0 Å². The van der Waals surface area contributed by atoms with Crippen LogP contribution in [0.15, 0.2) is 54.6 Å². The van der Waals surface area contributed by atoms with Gasteiger partial charge in [0.2, 0.25) is 5.91 Å². The zero-order valence-electron chi connectivity index (χ0n) is 13.9. The fourth-order valence-electron chi connectivity index (χ4n) is 2.63. The van der Waals surface area contributed by atoms with Crippen LogP contribution in [0.5, 0.6) is 5.75 Å². The third kappa shape index (κ3) is 5.44. The molecule has 0 aliphatic rings. The summed E-state index contributed by atoms with van der Waals surface area (Å²) in [5, 5.41) is 12.3. The number of phenolic OH excluding ortho intramolecular Hbond substituents is 1. The molecule has 2 aromatic carbocycles. The Morgan fingerprint density at radius 3 is 2.35 bits per heavy atom. The van der Waals surface area contributed by atoms with E-state index < -0.39 is 0 Å². The SMILES string of the molecule is CC(C)(CCCC(=O)NCc1ccccc1)c1ccc(O)cc1. The van der Waals surface area contributed by atoms with E-state index in [9.17, 15) is 9.90 Å². The van der Waals surface area contributed by atoms with Gasteiger partial charge in [0.1, 0.15) is 5.75 Å². The minimum Gasteiger partial charge on any atom is -0.508 e. The predicted molar refractivity (Wildman–Crippen MR) is 93.3 cm³/mol. The zero-order valence-corrected chi connectivity index (χ0v) is 13.9. The molecule has 0 aliphatic carbocycles. The van der Waals surface area contributed by atoms with Gasteiger partial charge in [0, 0.05) is 13.0 Å². The highest BCUT2D eigenvalue weighted by Crippen LogP contribution is 2.29. The molecule has 2 N–H and O–H groups in total. The van der Waals surface area contributed by atoms with Gasteiger partial charge in [-0.15, -0.1) is 0 Å². The fourth-order valence-corrected chi connectivity index (χ4v) is 2.63. The molecule has 0 unspecified atom stereocenters. The van der Waals surface area contributed by atoms with E-state index >= 15 is 0 Å². The second kappa shape index (κ2) is 7.82. The van der Waals surface area contributed by atoms with E-state index in [0.29, 0.717) is 13.0 Å². The van der Waals surface area contributed by atoms with Crippen LogP contribution >= 0.6 is 0 Å². The summed E-state index contributed by atoms with van der Waals surface area (Å²) >= 11 is 0. The highest BCUT2D eigenvalue weighted by atomic mass is 16.3. The number of phenols is 1. The molecule has 0 aliphatic heterocycles. The molecule has 3 heteroatoms. The van der Waals surface area contributed by atoms with Gasteiger partial charge < -0.3 is 10.4 Å². The van der Waals surface area contributed by atoms with Crippen molar-refractivity contribution in [3.05, 3.63) is 65.7 Å². The molecule has 3 nitrogen and oxygen atoms in total. The average molecular weight is 311 g/mol. The Balaban J connectivity index is 1.75. The first kappa shape index (κ1) is 17.1. The normalized spacial score (nSPS) is 11.2. The van der Waals surface area contributed by atoms with Crippen LogP contribution in [0.3, 0.4) is 0 Å². The highest BCUT2D eigenvalue weighted by Gasteiger charge is 2.20. The van der Waals surface area contributed by atoms with E-state index in [4.69, 9.17) is 0 Å². The number of rotatable bonds is 7. The molecule has 2 aromatic rings. The minimum atomic E-state index is -0.00654. The number of hydrogen-bond donors (Lipinski definition) is 2. The van der Waals surface area contributed by atoms with E-state index in [2.05, 4.69) is 19.2 Å². The van der Waals surface area contributed by atoms with Crippen molar-refractivity contribution in [1.82, 2.24) is 5.32 Å². The van der Waals surface area contributed by atoms with Gasteiger partial charge in [-0.05, 0) is 41.5 Å². The quantitative estimate of drug-likeness (QED) is 0.807. The van der Waals surface area contributed by atoms with Gasteiger partial charge in [-0.25, -0.2) is 0 Å². The lowest BCUT2D eigenvalue weighted by Gasteiger charge is -2.25. The van der Waals surface area contributed by atoms with Crippen LogP contribution in [0, 0.1) is 0 Å². The monoisotopic (exact) mass is 311 g/mol. The summed E-state index contributed by atoms with van der Waals surface area (Å²) in [6.07, 6.45) is 2.30. The molecule has 0 radical (unpaired) electrons. The van der Waals surface area contributed by atoms with Crippen molar-refractivity contribution in [1.29, 1.82) is 0 Å². The van der Waals surface area contributed by atoms with Crippen LogP contribution in [-0.2, 0) is 16.8 Å². The summed E-state index contributed by atoms with van der Waals surface area (Å²) in [4.78, 5) is 11.9. The van der Waals surface area contributed by atoms with Gasteiger partial charge in [-0.1, -0.05) is 56.3 Å². The largest absolute Gasteiger partial charge is 0.508 e. The minimum absolute atomic E-state index is 0.00654. The predicted octanol–water partition coefficient (Wildman–Crippen LogP) is 4.16. The first-order chi connectivity index (χ1) is 11.0. The maximum absolute atomic E-state index is 11.9. The third-order valence-corrected chi connectivity index (χ3v) is 4.19. The van der Waals surface area contributed by atoms with Crippen molar-refractivity contribution in [2.24, 2.45) is 0 Å². The van der Waals surface area contributed by atoms with Crippen molar-refractivity contribution in [3.63, 3.8) is 0 Å². The van der Waals surface area contributed by atoms with E-state index in [0.717, 1.165) is 18.4 Å². The van der Waals surface area contributed by atoms with E-state index in [1.54, 1.807) is 12.1 Å². The number of amides is 1. The highest BCUT2D eigenvalue weighted by molar-refractivity contribution is 5.75. The molecular formula is C20H25NO2. The molecule has 0 fully saturated rings. The molecule has 2 rings (SSSR count). The van der Waals surface area contributed by atoms with Gasteiger partial charge in [-0.2, -0.15) is 0 Å². The molecule has 0 spiro atoms. The van der Waals surface area contributed by atoms with E-state index in [1.807, 2.05) is 42.5 Å². The summed E-state index contributed by atoms with van der Waals surface area (Å²) in [6.45, 7) is 4.92. The second-order valence-corrected chi connectivity index (χ2v) is 6.55. The summed E-state index contributed by atoms with van der Waals surface area (Å²) in [7, 11) is 0. The van der Waals surface area contributed by atoms with E-state index in [-0.39, 0.29) is 17.1 Å². The molecule has 0 saturated carbocycles. The first-order valence-electron chi connectivity index (χ1n) is 8.07. The van der Waals surface area contributed by atoms with Crippen molar-refractivity contribution in [2.75, 3.05) is 0 Å². The lowest BCUT2D eigenvalue weighted by atomic mass is 9.80. The molecule has 1 amide bonds. The van der Waals surface area contributed by atoms with Gasteiger partial charge >= 0.3 is 0 Å². The van der Waals surface area contributed by atoms with Gasteiger partial charge in [0.05, 0.1) is 0 Å². The number of nitrogens with one attached hydrogen (secondary N) is 1. The maximum atomic E-state index is 11.9. The van der Waals surface area contributed by atoms with Crippen LogP contribution in [0.2, 0.25) is 0 Å². The second-order valence-electron chi connectivity index (χ2n) is 6.55. The Morgan fingerprint density at radius 1 is 1.04 bits per heavy atom. The maximum Gasteiger partial charge on any atom is 0.220 e. The lowest BCUT2D eigenvalue weighted by Crippen LogP contribution is -2.23. The standard InChI is InChI=1S/C20H25NO2/c1-20(2,17-10-12-18(22)13-11-17)14-6-9-19(23)21-15-16-7-4-3-5-8-16/h3-5,7-8,10-13,22H,6,9,14-15H2,1-2H3,(H,21,23). The van der Waals surface area contributed by atoms with Crippen LogP contribution < -0.4 is 5.32 Å². The van der Waals surface area contributed by atoms with Crippen LogP contribution in [0.1, 0.15) is 44.2 Å². The Hall–Kier alpha value is -2.29. The smallest absolute Gasteiger partial charge is 0.220 e. The fraction of sp³-hybridized carbons (Fsp3) is 0.350. The molecular weight excluding hydrogens is 286 g/mol. The molecule has 23 heavy (non-hydrogen) atoms. The number of hydrogen-bond acceptors (Lipinski definition) is 2. The summed E-state index contributed by atoms with van der Waals surface area (Å²) < 4.78 is 0. The number of carbonyl (C=O) groups excluding carboxylic acids is 1. The number of benzene rings is 2. The van der Waals surface area contributed by atoms with Gasteiger partial charge in [0.25, 0.3) is 0 Å². The third-order valence-electron chi connectivity index (χ3n) is 4.19. The average Bonchev–Trinajstić information content (AvgIpc) is 2.54. The summed E-state index contributed by atoms with van der Waals surface area (Å²) in [6, 6.07) is 17.3. The van der Waals surface area contributed by atoms with Crippen LogP contribution in [-0.4, -0.2) is 11.0 Å². The first-order valence-corrected chi connectivity index (χ1v) is 8.07. The summed E-state index contributed by atoms with van der Waals surface area (Å²) in [5.41, 5.74) is 2.29. The number of carbonyl (C=O) groups is 1. The molecule has 0 aromatic heterocycles. The number of aromatic hydroxyl groups is 1. The Bertz CT molecular complexity index is 618.